The van der Waals surface area contributed by atoms with Gasteiger partial charge in [0.05, 0.1) is 0 Å². The van der Waals surface area contributed by atoms with E-state index in [0.29, 0.717) is 0 Å². The summed E-state index contributed by atoms with van der Waals surface area (Å²) in [6.45, 7) is 7.00. The monoisotopic (exact) mass is 242 g/mol. The Morgan fingerprint density at radius 1 is 1.11 bits per heavy atom. The van der Waals surface area contributed by atoms with Gasteiger partial charge in [0.25, 0.3) is 0 Å². The molecule has 0 amide bonds. The van der Waals surface area contributed by atoms with Crippen LogP contribution in [0.1, 0.15) is 29.6 Å². The second-order valence-electron chi connectivity index (χ2n) is 4.26. The fourth-order valence-electron chi connectivity index (χ4n) is 1.79. The summed E-state index contributed by atoms with van der Waals surface area (Å²) in [5.74, 6) is 1.79. The number of rotatable bonds is 4. The van der Waals surface area contributed by atoms with Crippen molar-refractivity contribution in [1.82, 2.24) is 15.0 Å². The highest BCUT2D eigenvalue weighted by Gasteiger charge is 2.07. The van der Waals surface area contributed by atoms with Crippen molar-refractivity contribution in [2.24, 2.45) is 0 Å². The average Bonchev–Trinajstić information content (AvgIpc) is 2.37. The van der Waals surface area contributed by atoms with E-state index in [1.165, 1.54) is 5.56 Å². The summed E-state index contributed by atoms with van der Waals surface area (Å²) < 4.78 is 0. The molecule has 0 radical (unpaired) electrons. The molecule has 18 heavy (non-hydrogen) atoms. The molecule has 0 saturated heterocycles. The first kappa shape index (κ1) is 12.5. The van der Waals surface area contributed by atoms with Crippen molar-refractivity contribution >= 4 is 5.82 Å². The lowest BCUT2D eigenvalue weighted by Gasteiger charge is -2.11. The summed E-state index contributed by atoms with van der Waals surface area (Å²) >= 11 is 0. The zero-order valence-electron chi connectivity index (χ0n) is 11.1. The van der Waals surface area contributed by atoms with E-state index in [4.69, 9.17) is 0 Å². The number of aryl methyl sites for hydroxylation is 1. The number of nitrogens with zero attached hydrogens (tertiary/aromatic N) is 3. The van der Waals surface area contributed by atoms with Crippen LogP contribution in [0.2, 0.25) is 0 Å². The predicted octanol–water partition coefficient (Wildman–Crippen LogP) is 2.51. The second-order valence-corrected chi connectivity index (χ2v) is 4.26. The minimum atomic E-state index is 0.738. The molecule has 2 aromatic rings. The van der Waals surface area contributed by atoms with Gasteiger partial charge in [-0.15, -0.1) is 0 Å². The van der Waals surface area contributed by atoms with Crippen molar-refractivity contribution in [1.29, 1.82) is 0 Å². The van der Waals surface area contributed by atoms with Crippen LogP contribution < -0.4 is 5.32 Å². The van der Waals surface area contributed by atoms with E-state index < -0.39 is 0 Å². The smallest absolute Gasteiger partial charge is 0.135 e. The molecule has 0 unspecified atom stereocenters. The van der Waals surface area contributed by atoms with E-state index in [9.17, 15) is 0 Å². The van der Waals surface area contributed by atoms with Crippen LogP contribution in [0.15, 0.2) is 24.5 Å². The minimum Gasteiger partial charge on any atom is -0.370 e. The summed E-state index contributed by atoms with van der Waals surface area (Å²) in [7, 11) is 0. The van der Waals surface area contributed by atoms with Gasteiger partial charge in [-0.2, -0.15) is 0 Å². The summed E-state index contributed by atoms with van der Waals surface area (Å²) in [4.78, 5) is 13.1. The largest absolute Gasteiger partial charge is 0.370 e. The third kappa shape index (κ3) is 2.83. The summed E-state index contributed by atoms with van der Waals surface area (Å²) in [6.07, 6.45) is 4.32. The lowest BCUT2D eigenvalue weighted by molar-refractivity contribution is 0.921. The van der Waals surface area contributed by atoms with E-state index in [0.717, 1.165) is 35.9 Å². The normalized spacial score (nSPS) is 10.4. The Kier molecular flexibility index (Phi) is 3.87. The van der Waals surface area contributed by atoms with Gasteiger partial charge >= 0.3 is 0 Å². The molecule has 2 rings (SSSR count). The number of aromatic nitrogens is 3. The second kappa shape index (κ2) is 5.58. The van der Waals surface area contributed by atoms with Crippen LogP contribution in [-0.4, -0.2) is 21.5 Å². The molecule has 0 aromatic carbocycles. The van der Waals surface area contributed by atoms with E-state index >= 15 is 0 Å². The highest BCUT2D eigenvalue weighted by atomic mass is 15.0. The van der Waals surface area contributed by atoms with E-state index in [-0.39, 0.29) is 0 Å². The van der Waals surface area contributed by atoms with Crippen molar-refractivity contribution in [2.75, 3.05) is 11.9 Å². The molecule has 0 aliphatic heterocycles. The molecule has 0 fully saturated rings. The van der Waals surface area contributed by atoms with Crippen LogP contribution in [0.25, 0.3) is 0 Å². The molecule has 4 heteroatoms. The number of hydrogen-bond donors (Lipinski definition) is 1. The van der Waals surface area contributed by atoms with Gasteiger partial charge in [-0.1, -0.05) is 0 Å². The molecule has 0 bridgehead atoms. The molecule has 2 aromatic heterocycles. The van der Waals surface area contributed by atoms with Gasteiger partial charge in [0.1, 0.15) is 11.6 Å². The van der Waals surface area contributed by atoms with Crippen molar-refractivity contribution in [3.63, 3.8) is 0 Å². The highest BCUT2D eigenvalue weighted by Crippen LogP contribution is 2.16. The van der Waals surface area contributed by atoms with E-state index in [1.807, 2.05) is 26.0 Å². The van der Waals surface area contributed by atoms with Crippen LogP contribution in [-0.2, 0) is 6.42 Å². The molecular weight excluding hydrogens is 224 g/mol. The SMILES string of the molecule is CCNc1nc(Cc2ccncc2)nc(C)c1C. The Morgan fingerprint density at radius 2 is 1.83 bits per heavy atom. The summed E-state index contributed by atoms with van der Waals surface area (Å²) in [5, 5.41) is 3.28. The lowest BCUT2D eigenvalue weighted by atomic mass is 10.1. The molecule has 94 valence electrons. The van der Waals surface area contributed by atoms with Gasteiger partial charge in [0.15, 0.2) is 0 Å². The van der Waals surface area contributed by atoms with Crippen molar-refractivity contribution in [2.45, 2.75) is 27.2 Å². The Hall–Kier alpha value is -1.97. The first-order chi connectivity index (χ1) is 8.70. The molecule has 2 heterocycles. The van der Waals surface area contributed by atoms with Gasteiger partial charge in [-0.3, -0.25) is 4.98 Å². The van der Waals surface area contributed by atoms with Gasteiger partial charge < -0.3 is 5.32 Å². The van der Waals surface area contributed by atoms with Gasteiger partial charge in [0, 0.05) is 36.6 Å². The summed E-state index contributed by atoms with van der Waals surface area (Å²) in [6, 6.07) is 3.98. The molecule has 4 nitrogen and oxygen atoms in total. The Bertz CT molecular complexity index is 523. The van der Waals surface area contributed by atoms with Crippen LogP contribution >= 0.6 is 0 Å². The maximum atomic E-state index is 4.58. The van der Waals surface area contributed by atoms with E-state index in [2.05, 4.69) is 27.2 Å². The molecule has 1 N–H and O–H groups in total. The molecule has 0 aliphatic rings. The predicted molar refractivity (Wildman–Crippen MR) is 72.7 cm³/mol. The van der Waals surface area contributed by atoms with Crippen LogP contribution in [0.3, 0.4) is 0 Å². The average molecular weight is 242 g/mol. The van der Waals surface area contributed by atoms with Crippen molar-refractivity contribution in [3.8, 4) is 0 Å². The fraction of sp³-hybridized carbons (Fsp3) is 0.357. The number of nitrogens with one attached hydrogen (secondary N) is 1. The number of anilines is 1. The standard InChI is InChI=1S/C14H18N4/c1-4-16-14-10(2)11(3)17-13(18-14)9-12-5-7-15-8-6-12/h5-8H,4,9H2,1-3H3,(H,16,17,18). The minimum absolute atomic E-state index is 0.738. The van der Waals surface area contributed by atoms with Crippen molar-refractivity contribution in [3.05, 3.63) is 47.2 Å². The zero-order valence-corrected chi connectivity index (χ0v) is 11.1. The van der Waals surface area contributed by atoms with E-state index in [1.54, 1.807) is 12.4 Å². The fourth-order valence-corrected chi connectivity index (χ4v) is 1.79. The molecule has 0 atom stereocenters. The highest BCUT2D eigenvalue weighted by molar-refractivity contribution is 5.45. The summed E-state index contributed by atoms with van der Waals surface area (Å²) in [5.41, 5.74) is 3.33. The first-order valence-electron chi connectivity index (χ1n) is 6.17. The Labute approximate surface area is 108 Å². The molecule has 0 saturated carbocycles. The third-order valence-electron chi connectivity index (χ3n) is 2.89. The molecule has 0 aliphatic carbocycles. The van der Waals surface area contributed by atoms with Crippen LogP contribution in [0.4, 0.5) is 5.82 Å². The van der Waals surface area contributed by atoms with Crippen LogP contribution in [0, 0.1) is 13.8 Å². The maximum Gasteiger partial charge on any atom is 0.135 e. The topological polar surface area (TPSA) is 50.7 Å². The first-order valence-corrected chi connectivity index (χ1v) is 6.17. The quantitative estimate of drug-likeness (QED) is 0.895. The van der Waals surface area contributed by atoms with Gasteiger partial charge in [-0.25, -0.2) is 9.97 Å². The third-order valence-corrected chi connectivity index (χ3v) is 2.89. The maximum absolute atomic E-state index is 4.58. The number of hydrogen-bond acceptors (Lipinski definition) is 4. The number of pyridine rings is 1. The van der Waals surface area contributed by atoms with Gasteiger partial charge in [0.2, 0.25) is 0 Å². The van der Waals surface area contributed by atoms with Crippen LogP contribution in [0.5, 0.6) is 0 Å². The molecular formula is C14H18N4. The van der Waals surface area contributed by atoms with Gasteiger partial charge in [-0.05, 0) is 38.5 Å². The Balaban J connectivity index is 2.28. The lowest BCUT2D eigenvalue weighted by Crippen LogP contribution is -2.08. The molecule has 0 spiro atoms. The van der Waals surface area contributed by atoms with Crippen molar-refractivity contribution < 1.29 is 0 Å². The zero-order chi connectivity index (χ0) is 13.0. The Morgan fingerprint density at radius 3 is 2.50 bits per heavy atom.